The van der Waals surface area contributed by atoms with Crippen LogP contribution in [0.25, 0.3) is 0 Å². The molecule has 0 aromatic carbocycles. The zero-order valence-electron chi connectivity index (χ0n) is 7.80. The number of ether oxygens (including phenoxy) is 1. The van der Waals surface area contributed by atoms with Gasteiger partial charge in [-0.05, 0) is 41.5 Å². The van der Waals surface area contributed by atoms with Gasteiger partial charge in [-0.15, -0.1) is 0 Å². The van der Waals surface area contributed by atoms with E-state index >= 15 is 0 Å². The van der Waals surface area contributed by atoms with Crippen LogP contribution in [0.4, 0.5) is 0 Å². The summed E-state index contributed by atoms with van der Waals surface area (Å²) >= 11 is 3.39. The van der Waals surface area contributed by atoms with E-state index in [1.807, 2.05) is 20.0 Å². The quantitative estimate of drug-likeness (QED) is 0.820. The molecule has 0 spiro atoms. The van der Waals surface area contributed by atoms with Gasteiger partial charge in [-0.3, -0.25) is 0 Å². The molecule has 0 aliphatic rings. The molecular formula is C9H13BrN2O. The molecule has 1 aromatic rings. The molecule has 1 heterocycles. The van der Waals surface area contributed by atoms with Crippen molar-refractivity contribution in [2.24, 2.45) is 0 Å². The van der Waals surface area contributed by atoms with E-state index in [2.05, 4.69) is 26.2 Å². The van der Waals surface area contributed by atoms with E-state index in [1.165, 1.54) is 0 Å². The third kappa shape index (κ3) is 3.32. The second-order valence-electron chi connectivity index (χ2n) is 2.75. The minimum absolute atomic E-state index is 0.630. The van der Waals surface area contributed by atoms with Crippen LogP contribution in [-0.4, -0.2) is 25.2 Å². The average molecular weight is 245 g/mol. The summed E-state index contributed by atoms with van der Waals surface area (Å²) in [5, 5.41) is 3.00. The van der Waals surface area contributed by atoms with Gasteiger partial charge in [0.25, 0.3) is 0 Å². The van der Waals surface area contributed by atoms with E-state index in [0.29, 0.717) is 12.5 Å². The summed E-state index contributed by atoms with van der Waals surface area (Å²) in [6.07, 6.45) is 1.79. The molecular weight excluding hydrogens is 232 g/mol. The lowest BCUT2D eigenvalue weighted by Crippen LogP contribution is -2.16. The molecule has 72 valence electrons. The maximum atomic E-state index is 5.41. The minimum Gasteiger partial charge on any atom is -0.476 e. The largest absolute Gasteiger partial charge is 0.476 e. The first-order valence-electron chi connectivity index (χ1n) is 4.13. The Labute approximate surface area is 86.6 Å². The van der Waals surface area contributed by atoms with Crippen LogP contribution in [0.15, 0.2) is 16.7 Å². The number of nitrogens with zero attached hydrogens (tertiary/aromatic N) is 1. The lowest BCUT2D eigenvalue weighted by atomic mass is 10.3. The zero-order chi connectivity index (χ0) is 9.68. The average Bonchev–Trinajstić information content (AvgIpc) is 2.09. The number of halogens is 1. The van der Waals surface area contributed by atoms with Crippen molar-refractivity contribution in [1.82, 2.24) is 10.3 Å². The van der Waals surface area contributed by atoms with E-state index < -0.39 is 0 Å². The van der Waals surface area contributed by atoms with Crippen molar-refractivity contribution < 1.29 is 4.74 Å². The van der Waals surface area contributed by atoms with Crippen LogP contribution >= 0.6 is 15.9 Å². The first-order chi connectivity index (χ1) is 6.24. The highest BCUT2D eigenvalue weighted by atomic mass is 79.9. The molecule has 0 fully saturated rings. The molecule has 1 rings (SSSR count). The molecule has 0 bridgehead atoms. The van der Waals surface area contributed by atoms with Gasteiger partial charge in [0.15, 0.2) is 0 Å². The second kappa shape index (κ2) is 5.19. The van der Waals surface area contributed by atoms with Crippen LogP contribution in [0, 0.1) is 6.92 Å². The first kappa shape index (κ1) is 10.5. The number of pyridine rings is 1. The lowest BCUT2D eigenvalue weighted by Gasteiger charge is -2.06. The molecule has 4 heteroatoms. The fourth-order valence-electron chi connectivity index (χ4n) is 0.877. The predicted octanol–water partition coefficient (Wildman–Crippen LogP) is 1.75. The van der Waals surface area contributed by atoms with E-state index in [9.17, 15) is 0 Å². The van der Waals surface area contributed by atoms with Crippen LogP contribution in [0.2, 0.25) is 0 Å². The van der Waals surface area contributed by atoms with Crippen molar-refractivity contribution in [3.63, 3.8) is 0 Å². The maximum Gasteiger partial charge on any atom is 0.227 e. The third-order valence-electron chi connectivity index (χ3n) is 1.53. The van der Waals surface area contributed by atoms with Gasteiger partial charge in [0, 0.05) is 12.7 Å². The Bertz CT molecular complexity index is 278. The van der Waals surface area contributed by atoms with Gasteiger partial charge in [0.05, 0.1) is 4.47 Å². The van der Waals surface area contributed by atoms with Crippen LogP contribution in [-0.2, 0) is 0 Å². The number of hydrogen-bond acceptors (Lipinski definition) is 3. The Hall–Kier alpha value is -0.610. The summed E-state index contributed by atoms with van der Waals surface area (Å²) in [7, 11) is 1.89. The fraction of sp³-hybridized carbons (Fsp3) is 0.444. The zero-order valence-corrected chi connectivity index (χ0v) is 9.39. The standard InChI is InChI=1S/C9H13BrN2O/c1-7-5-8(10)9(12-6-7)13-4-3-11-2/h5-6,11H,3-4H2,1-2H3. The molecule has 13 heavy (non-hydrogen) atoms. The van der Waals surface area contributed by atoms with Gasteiger partial charge in [0.1, 0.15) is 6.61 Å². The monoisotopic (exact) mass is 244 g/mol. The van der Waals surface area contributed by atoms with E-state index in [-0.39, 0.29) is 0 Å². The summed E-state index contributed by atoms with van der Waals surface area (Å²) in [6.45, 7) is 3.45. The predicted molar refractivity (Wildman–Crippen MR) is 56.1 cm³/mol. The van der Waals surface area contributed by atoms with Crippen molar-refractivity contribution in [2.75, 3.05) is 20.2 Å². The van der Waals surface area contributed by atoms with Gasteiger partial charge in [-0.2, -0.15) is 0 Å². The van der Waals surface area contributed by atoms with Gasteiger partial charge < -0.3 is 10.1 Å². The van der Waals surface area contributed by atoms with E-state index in [1.54, 1.807) is 6.20 Å². The molecule has 0 atom stereocenters. The molecule has 0 amide bonds. The summed E-state index contributed by atoms with van der Waals surface area (Å²) < 4.78 is 6.32. The number of nitrogens with one attached hydrogen (secondary N) is 1. The Morgan fingerprint density at radius 3 is 3.00 bits per heavy atom. The first-order valence-corrected chi connectivity index (χ1v) is 4.93. The Morgan fingerprint density at radius 2 is 2.38 bits per heavy atom. The summed E-state index contributed by atoms with van der Waals surface area (Å²) in [6, 6.07) is 1.99. The SMILES string of the molecule is CNCCOc1ncc(C)cc1Br. The van der Waals surface area contributed by atoms with Gasteiger partial charge in [-0.1, -0.05) is 0 Å². The molecule has 0 unspecified atom stereocenters. The number of aromatic nitrogens is 1. The van der Waals surface area contributed by atoms with Crippen molar-refractivity contribution in [3.8, 4) is 5.88 Å². The highest BCUT2D eigenvalue weighted by Crippen LogP contribution is 2.22. The minimum atomic E-state index is 0.630. The third-order valence-corrected chi connectivity index (χ3v) is 2.10. The van der Waals surface area contributed by atoms with E-state index in [4.69, 9.17) is 4.74 Å². The molecule has 0 aliphatic heterocycles. The van der Waals surface area contributed by atoms with Crippen molar-refractivity contribution >= 4 is 15.9 Å². The van der Waals surface area contributed by atoms with Crippen molar-refractivity contribution in [2.45, 2.75) is 6.92 Å². The van der Waals surface area contributed by atoms with E-state index in [0.717, 1.165) is 16.6 Å². The number of rotatable bonds is 4. The molecule has 3 nitrogen and oxygen atoms in total. The molecule has 0 saturated heterocycles. The highest BCUT2D eigenvalue weighted by Gasteiger charge is 2.01. The molecule has 0 saturated carbocycles. The van der Waals surface area contributed by atoms with Crippen molar-refractivity contribution in [3.05, 3.63) is 22.3 Å². The lowest BCUT2D eigenvalue weighted by molar-refractivity contribution is 0.304. The number of aryl methyl sites for hydroxylation is 1. The van der Waals surface area contributed by atoms with Crippen LogP contribution < -0.4 is 10.1 Å². The topological polar surface area (TPSA) is 34.1 Å². The Morgan fingerprint density at radius 1 is 1.62 bits per heavy atom. The van der Waals surface area contributed by atoms with Crippen LogP contribution in [0.1, 0.15) is 5.56 Å². The van der Waals surface area contributed by atoms with Gasteiger partial charge in [0.2, 0.25) is 5.88 Å². The summed E-state index contributed by atoms with van der Waals surface area (Å²) in [4.78, 5) is 4.15. The normalized spacial score (nSPS) is 10.1. The second-order valence-corrected chi connectivity index (χ2v) is 3.61. The Balaban J connectivity index is 2.56. The van der Waals surface area contributed by atoms with Gasteiger partial charge >= 0.3 is 0 Å². The van der Waals surface area contributed by atoms with Crippen molar-refractivity contribution in [1.29, 1.82) is 0 Å². The Kier molecular flexibility index (Phi) is 4.18. The van der Waals surface area contributed by atoms with Gasteiger partial charge in [-0.25, -0.2) is 4.98 Å². The maximum absolute atomic E-state index is 5.41. The molecule has 1 aromatic heterocycles. The van der Waals surface area contributed by atoms with Crippen LogP contribution in [0.3, 0.4) is 0 Å². The van der Waals surface area contributed by atoms with Crippen LogP contribution in [0.5, 0.6) is 5.88 Å². The summed E-state index contributed by atoms with van der Waals surface area (Å²) in [5.41, 5.74) is 1.12. The molecule has 0 aliphatic carbocycles. The smallest absolute Gasteiger partial charge is 0.227 e. The molecule has 1 N–H and O–H groups in total. The fourth-order valence-corrected chi connectivity index (χ4v) is 1.45. The summed E-state index contributed by atoms with van der Waals surface area (Å²) in [5.74, 6) is 0.654. The molecule has 0 radical (unpaired) electrons. The number of hydrogen-bond donors (Lipinski definition) is 1. The highest BCUT2D eigenvalue weighted by molar-refractivity contribution is 9.10. The number of likely N-dealkylation sites (N-methyl/N-ethyl adjacent to an activating group) is 1.